The van der Waals surface area contributed by atoms with Gasteiger partial charge in [-0.1, -0.05) is 0 Å². The average molecular weight is 277 g/mol. The molecule has 2 aliphatic rings. The number of ether oxygens (including phenoxy) is 1. The fourth-order valence-corrected chi connectivity index (χ4v) is 2.32. The molecule has 3 rings (SSSR count). The molecule has 3 heterocycles. The number of hydrogen-bond donors (Lipinski definition) is 1. The van der Waals surface area contributed by atoms with Crippen LogP contribution in [-0.4, -0.2) is 36.5 Å². The summed E-state index contributed by atoms with van der Waals surface area (Å²) in [4.78, 5) is 15.1. The Bertz CT molecular complexity index is 561. The van der Waals surface area contributed by atoms with Crippen LogP contribution in [0.2, 0.25) is 0 Å². The van der Waals surface area contributed by atoms with Crippen molar-refractivity contribution in [3.63, 3.8) is 0 Å². The van der Waals surface area contributed by atoms with Gasteiger partial charge in [-0.05, 0) is 27.7 Å². The summed E-state index contributed by atoms with van der Waals surface area (Å²) in [5.41, 5.74) is 0.718. The smallest absolute Gasteiger partial charge is 0.398 e. The number of nitrogens with one attached hydrogen (secondary N) is 1. The summed E-state index contributed by atoms with van der Waals surface area (Å²) in [5, 5.41) is 0. The van der Waals surface area contributed by atoms with Crippen LogP contribution in [0.25, 0.3) is 0 Å². The summed E-state index contributed by atoms with van der Waals surface area (Å²) in [5.74, 6) is 0.269. The van der Waals surface area contributed by atoms with Crippen LogP contribution >= 0.6 is 0 Å². The van der Waals surface area contributed by atoms with E-state index in [1.165, 1.54) is 0 Å². The zero-order valence-corrected chi connectivity index (χ0v) is 12.4. The first-order valence-electron chi connectivity index (χ1n) is 6.96. The highest BCUT2D eigenvalue weighted by Gasteiger charge is 2.52. The molecule has 0 aromatic carbocycles. The first-order valence-corrected chi connectivity index (χ1v) is 6.96. The fraction of sp³-hybridized carbons (Fsp3) is 0.643. The predicted octanol–water partition coefficient (Wildman–Crippen LogP) is 0.788. The van der Waals surface area contributed by atoms with Crippen LogP contribution in [0, 0.1) is 0 Å². The summed E-state index contributed by atoms with van der Waals surface area (Å²) in [7, 11) is -0.534. The molecule has 2 aliphatic heterocycles. The van der Waals surface area contributed by atoms with Crippen LogP contribution in [0.5, 0.6) is 0 Å². The Morgan fingerprint density at radius 3 is 2.25 bits per heavy atom. The van der Waals surface area contributed by atoms with E-state index in [2.05, 4.69) is 4.98 Å². The van der Waals surface area contributed by atoms with Gasteiger partial charge in [-0.15, -0.1) is 0 Å². The molecule has 0 aliphatic carbocycles. The van der Waals surface area contributed by atoms with Gasteiger partial charge in [0.2, 0.25) is 0 Å². The van der Waals surface area contributed by atoms with Gasteiger partial charge in [-0.25, -0.2) is 0 Å². The van der Waals surface area contributed by atoms with E-state index in [0.29, 0.717) is 18.8 Å². The maximum Gasteiger partial charge on any atom is 0.512 e. The first kappa shape index (κ1) is 13.9. The second-order valence-corrected chi connectivity index (χ2v) is 6.55. The molecule has 108 valence electrons. The third-order valence-corrected chi connectivity index (χ3v) is 4.47. The Labute approximate surface area is 118 Å². The SMILES string of the molecule is CC1(C)OB(c2cc(=O)cc(C3COC3)[nH]2)OC1(C)C. The summed E-state index contributed by atoms with van der Waals surface area (Å²) in [6.45, 7) is 9.29. The molecule has 0 radical (unpaired) electrons. The lowest BCUT2D eigenvalue weighted by Crippen LogP contribution is -2.41. The fourth-order valence-electron chi connectivity index (χ4n) is 2.32. The molecule has 2 fully saturated rings. The average Bonchev–Trinajstić information content (AvgIpc) is 2.45. The monoisotopic (exact) mass is 277 g/mol. The normalized spacial score (nSPS) is 24.7. The molecule has 0 spiro atoms. The van der Waals surface area contributed by atoms with Gasteiger partial charge in [0, 0.05) is 29.3 Å². The molecular weight excluding hydrogens is 257 g/mol. The number of rotatable bonds is 2. The minimum Gasteiger partial charge on any atom is -0.398 e. The van der Waals surface area contributed by atoms with Crippen LogP contribution in [0.4, 0.5) is 0 Å². The van der Waals surface area contributed by atoms with Crippen molar-refractivity contribution in [2.75, 3.05) is 13.2 Å². The van der Waals surface area contributed by atoms with E-state index < -0.39 is 18.3 Å². The first-order chi connectivity index (χ1) is 9.28. The number of aromatic nitrogens is 1. The van der Waals surface area contributed by atoms with Crippen molar-refractivity contribution in [2.45, 2.75) is 44.8 Å². The number of H-pyrrole nitrogens is 1. The van der Waals surface area contributed by atoms with Crippen molar-refractivity contribution in [2.24, 2.45) is 0 Å². The highest BCUT2D eigenvalue weighted by Crippen LogP contribution is 2.36. The molecule has 5 nitrogen and oxygen atoms in total. The molecule has 1 N–H and O–H groups in total. The Morgan fingerprint density at radius 1 is 1.15 bits per heavy atom. The summed E-state index contributed by atoms with van der Waals surface area (Å²) in [6, 6.07) is 3.17. The third kappa shape index (κ3) is 2.22. The lowest BCUT2D eigenvalue weighted by Gasteiger charge is -2.32. The lowest BCUT2D eigenvalue weighted by atomic mass is 9.83. The molecule has 2 saturated heterocycles. The van der Waals surface area contributed by atoms with Gasteiger partial charge in [0.1, 0.15) is 0 Å². The second-order valence-electron chi connectivity index (χ2n) is 6.55. The highest BCUT2D eigenvalue weighted by atomic mass is 16.7. The summed E-state index contributed by atoms with van der Waals surface area (Å²) in [6.07, 6.45) is 0. The summed E-state index contributed by atoms with van der Waals surface area (Å²) >= 11 is 0. The minimum absolute atomic E-state index is 0.0321. The largest absolute Gasteiger partial charge is 0.512 e. The van der Waals surface area contributed by atoms with Crippen LogP contribution in [0.15, 0.2) is 16.9 Å². The molecule has 0 bridgehead atoms. The standard InChI is InChI=1S/C14H20BNO4/c1-13(2)14(3,4)20-15(19-13)12-6-10(17)5-11(16-12)9-7-18-8-9/h5-6,9H,7-8H2,1-4H3,(H,16,17). The molecule has 1 aromatic rings. The van der Waals surface area contributed by atoms with E-state index in [1.807, 2.05) is 27.7 Å². The van der Waals surface area contributed by atoms with Crippen LogP contribution in [0.3, 0.4) is 0 Å². The van der Waals surface area contributed by atoms with Gasteiger partial charge in [0.05, 0.1) is 24.4 Å². The number of aromatic amines is 1. The Kier molecular flexibility index (Phi) is 3.08. The zero-order valence-electron chi connectivity index (χ0n) is 12.4. The third-order valence-electron chi connectivity index (χ3n) is 4.47. The zero-order chi connectivity index (χ0) is 14.5. The Morgan fingerprint density at radius 2 is 1.75 bits per heavy atom. The van der Waals surface area contributed by atoms with Crippen molar-refractivity contribution in [3.8, 4) is 0 Å². The predicted molar refractivity (Wildman–Crippen MR) is 76.3 cm³/mol. The van der Waals surface area contributed by atoms with Gasteiger partial charge in [0.15, 0.2) is 5.43 Å². The molecule has 0 unspecified atom stereocenters. The van der Waals surface area contributed by atoms with Gasteiger partial charge >= 0.3 is 7.12 Å². The van der Waals surface area contributed by atoms with E-state index in [0.717, 1.165) is 5.69 Å². The molecule has 0 amide bonds. The minimum atomic E-state index is -0.534. The van der Waals surface area contributed by atoms with Gasteiger partial charge in [-0.2, -0.15) is 0 Å². The van der Waals surface area contributed by atoms with Crippen molar-refractivity contribution in [1.29, 1.82) is 0 Å². The topological polar surface area (TPSA) is 60.5 Å². The lowest BCUT2D eigenvalue weighted by molar-refractivity contribution is 0.00578. The van der Waals surface area contributed by atoms with E-state index in [-0.39, 0.29) is 11.3 Å². The number of pyridine rings is 1. The van der Waals surface area contributed by atoms with Crippen LogP contribution in [0.1, 0.15) is 39.3 Å². The molecule has 1 aromatic heterocycles. The molecule has 6 heteroatoms. The van der Waals surface area contributed by atoms with E-state index in [9.17, 15) is 4.79 Å². The van der Waals surface area contributed by atoms with Crippen LogP contribution in [-0.2, 0) is 14.0 Å². The molecular formula is C14H20BNO4. The maximum absolute atomic E-state index is 11.9. The van der Waals surface area contributed by atoms with E-state index in [1.54, 1.807) is 12.1 Å². The highest BCUT2D eigenvalue weighted by molar-refractivity contribution is 6.61. The second kappa shape index (κ2) is 4.45. The van der Waals surface area contributed by atoms with Crippen molar-refractivity contribution >= 4 is 12.7 Å². The molecule has 20 heavy (non-hydrogen) atoms. The van der Waals surface area contributed by atoms with Crippen molar-refractivity contribution < 1.29 is 14.0 Å². The maximum atomic E-state index is 11.9. The van der Waals surface area contributed by atoms with Crippen molar-refractivity contribution in [3.05, 3.63) is 28.0 Å². The van der Waals surface area contributed by atoms with Gasteiger partial charge in [-0.3, -0.25) is 4.79 Å². The van der Waals surface area contributed by atoms with Crippen molar-refractivity contribution in [1.82, 2.24) is 4.98 Å². The van der Waals surface area contributed by atoms with E-state index in [4.69, 9.17) is 14.0 Å². The van der Waals surface area contributed by atoms with E-state index >= 15 is 0 Å². The Balaban J connectivity index is 1.91. The van der Waals surface area contributed by atoms with Gasteiger partial charge in [0.25, 0.3) is 0 Å². The number of hydrogen-bond acceptors (Lipinski definition) is 4. The Hall–Kier alpha value is -1.11. The molecule has 0 saturated carbocycles. The summed E-state index contributed by atoms with van der Waals surface area (Å²) < 4.78 is 17.1. The van der Waals surface area contributed by atoms with Crippen LogP contribution < -0.4 is 11.0 Å². The molecule has 0 atom stereocenters. The van der Waals surface area contributed by atoms with Gasteiger partial charge < -0.3 is 19.0 Å². The quantitative estimate of drug-likeness (QED) is 0.812.